The highest BCUT2D eigenvalue weighted by molar-refractivity contribution is 5.90. The summed E-state index contributed by atoms with van der Waals surface area (Å²) in [5, 5.41) is 24.0. The largest absolute Gasteiger partial charge is 0.387 e. The lowest BCUT2D eigenvalue weighted by atomic mass is 10.1. The first-order valence-corrected chi connectivity index (χ1v) is 6.80. The molecule has 1 saturated heterocycles. The summed E-state index contributed by atoms with van der Waals surface area (Å²) in [5.41, 5.74) is 7.14. The molecule has 5 N–H and O–H groups in total. The van der Waals surface area contributed by atoms with Crippen molar-refractivity contribution in [1.82, 2.24) is 14.5 Å². The lowest BCUT2D eigenvalue weighted by molar-refractivity contribution is -0.0319. The summed E-state index contributed by atoms with van der Waals surface area (Å²) in [5.74, 6) is 0.708. The second-order valence-electron chi connectivity index (χ2n) is 5.17. The van der Waals surface area contributed by atoms with Crippen LogP contribution in [0.15, 0.2) is 12.5 Å². The number of nitrogens with zero attached hydrogens (tertiary/aromatic N) is 3. The maximum Gasteiger partial charge on any atom is 0.164 e. The van der Waals surface area contributed by atoms with Crippen LogP contribution >= 0.6 is 0 Å². The molecule has 0 aromatic carbocycles. The normalized spacial score (nSPS) is 29.2. The average Bonchev–Trinajstić information content (AvgIpc) is 2.98. The van der Waals surface area contributed by atoms with Gasteiger partial charge in [0.2, 0.25) is 0 Å². The summed E-state index contributed by atoms with van der Waals surface area (Å²) in [6.45, 7) is 2.07. The Morgan fingerprint density at radius 3 is 2.76 bits per heavy atom. The first-order valence-electron chi connectivity index (χ1n) is 6.80. The molecule has 0 spiro atoms. The van der Waals surface area contributed by atoms with Gasteiger partial charge in [-0.3, -0.25) is 0 Å². The quantitative estimate of drug-likeness (QED) is 0.594. The van der Waals surface area contributed by atoms with Gasteiger partial charge in [-0.15, -0.1) is 0 Å². The molecule has 2 aromatic rings. The molecule has 0 bridgehead atoms. The van der Waals surface area contributed by atoms with E-state index in [2.05, 4.69) is 15.3 Å². The van der Waals surface area contributed by atoms with Crippen LogP contribution in [0.25, 0.3) is 11.0 Å². The molecule has 0 radical (unpaired) electrons. The lowest BCUT2D eigenvalue weighted by Crippen LogP contribution is -2.35. The van der Waals surface area contributed by atoms with E-state index in [-0.39, 0.29) is 6.54 Å². The van der Waals surface area contributed by atoms with Gasteiger partial charge in [-0.05, 0) is 12.5 Å². The third-order valence-corrected chi connectivity index (χ3v) is 3.88. The zero-order chi connectivity index (χ0) is 15.1. The van der Waals surface area contributed by atoms with E-state index in [1.807, 2.05) is 13.1 Å². The highest BCUT2D eigenvalue weighted by Gasteiger charge is 2.43. The van der Waals surface area contributed by atoms with Crippen molar-refractivity contribution in [1.29, 1.82) is 0 Å². The second-order valence-corrected chi connectivity index (χ2v) is 5.17. The van der Waals surface area contributed by atoms with Crippen LogP contribution in [0.1, 0.15) is 11.8 Å². The number of anilines is 1. The number of aromatic nitrogens is 3. The minimum Gasteiger partial charge on any atom is -0.387 e. The van der Waals surface area contributed by atoms with Crippen molar-refractivity contribution >= 4 is 16.9 Å². The van der Waals surface area contributed by atoms with Gasteiger partial charge < -0.3 is 30.6 Å². The Hall–Kier alpha value is -1.74. The SMILES string of the molecule is CNc1ncnc2c1c(C)cn2[C@@H]1O[C@H](CN)[C@@H](O)[C@H]1O. The Labute approximate surface area is 121 Å². The average molecular weight is 293 g/mol. The van der Waals surface area contributed by atoms with Crippen LogP contribution in [0.3, 0.4) is 0 Å². The Kier molecular flexibility index (Phi) is 3.54. The van der Waals surface area contributed by atoms with E-state index in [1.54, 1.807) is 11.6 Å². The molecule has 0 amide bonds. The number of nitrogens with one attached hydrogen (secondary N) is 1. The fourth-order valence-corrected chi connectivity index (χ4v) is 2.81. The first kappa shape index (κ1) is 14.2. The molecule has 8 nitrogen and oxygen atoms in total. The molecule has 0 saturated carbocycles. The maximum atomic E-state index is 10.2. The predicted octanol–water partition coefficient (Wildman–Crippen LogP) is -0.641. The highest BCUT2D eigenvalue weighted by atomic mass is 16.6. The third-order valence-electron chi connectivity index (χ3n) is 3.88. The van der Waals surface area contributed by atoms with Crippen molar-refractivity contribution in [3.8, 4) is 0 Å². The number of ether oxygens (including phenoxy) is 1. The monoisotopic (exact) mass is 293 g/mol. The Balaban J connectivity index is 2.10. The summed E-state index contributed by atoms with van der Waals surface area (Å²) in [6.07, 6.45) is -0.0928. The molecule has 0 unspecified atom stereocenters. The van der Waals surface area contributed by atoms with E-state index in [1.165, 1.54) is 6.33 Å². The van der Waals surface area contributed by atoms with E-state index in [9.17, 15) is 10.2 Å². The number of nitrogens with two attached hydrogens (primary N) is 1. The Morgan fingerprint density at radius 1 is 1.38 bits per heavy atom. The van der Waals surface area contributed by atoms with Gasteiger partial charge in [0.25, 0.3) is 0 Å². The molecule has 0 aliphatic carbocycles. The smallest absolute Gasteiger partial charge is 0.164 e. The van der Waals surface area contributed by atoms with E-state index < -0.39 is 24.5 Å². The lowest BCUT2D eigenvalue weighted by Gasteiger charge is -2.17. The number of aliphatic hydroxyl groups excluding tert-OH is 2. The molecule has 4 atom stereocenters. The summed E-state index contributed by atoms with van der Waals surface area (Å²) in [4.78, 5) is 8.46. The summed E-state index contributed by atoms with van der Waals surface area (Å²) in [7, 11) is 1.79. The first-order chi connectivity index (χ1) is 10.1. The van der Waals surface area contributed by atoms with E-state index in [0.717, 1.165) is 10.9 Å². The van der Waals surface area contributed by atoms with Crippen LogP contribution in [0.5, 0.6) is 0 Å². The molecule has 8 heteroatoms. The van der Waals surface area contributed by atoms with Crippen LogP contribution in [-0.2, 0) is 4.74 Å². The minimum absolute atomic E-state index is 0.143. The molecule has 21 heavy (non-hydrogen) atoms. The van der Waals surface area contributed by atoms with E-state index >= 15 is 0 Å². The summed E-state index contributed by atoms with van der Waals surface area (Å²) in [6, 6.07) is 0. The third kappa shape index (κ3) is 2.07. The second kappa shape index (κ2) is 5.23. The van der Waals surface area contributed by atoms with Gasteiger partial charge in [0.1, 0.15) is 36.1 Å². The zero-order valence-corrected chi connectivity index (χ0v) is 11.9. The van der Waals surface area contributed by atoms with Crippen LogP contribution in [0, 0.1) is 6.92 Å². The van der Waals surface area contributed by atoms with Crippen LogP contribution < -0.4 is 11.1 Å². The van der Waals surface area contributed by atoms with Crippen LogP contribution in [0.2, 0.25) is 0 Å². The molecular weight excluding hydrogens is 274 g/mol. The Morgan fingerprint density at radius 2 is 2.14 bits per heavy atom. The van der Waals surface area contributed by atoms with Gasteiger partial charge >= 0.3 is 0 Å². The van der Waals surface area contributed by atoms with Crippen molar-refractivity contribution in [2.45, 2.75) is 31.5 Å². The van der Waals surface area contributed by atoms with Gasteiger partial charge in [0.05, 0.1) is 5.39 Å². The fraction of sp³-hybridized carbons (Fsp3) is 0.538. The number of hydrogen-bond donors (Lipinski definition) is 4. The number of rotatable bonds is 3. The number of aryl methyl sites for hydroxylation is 1. The highest BCUT2D eigenvalue weighted by Crippen LogP contribution is 2.34. The van der Waals surface area contributed by atoms with Crippen LogP contribution in [0.4, 0.5) is 5.82 Å². The number of aliphatic hydroxyl groups is 2. The topological polar surface area (TPSA) is 118 Å². The number of hydrogen-bond acceptors (Lipinski definition) is 7. The molecule has 1 fully saturated rings. The Bertz CT molecular complexity index is 659. The predicted molar refractivity (Wildman–Crippen MR) is 76.8 cm³/mol. The molecule has 2 aromatic heterocycles. The van der Waals surface area contributed by atoms with Crippen molar-refractivity contribution < 1.29 is 14.9 Å². The van der Waals surface area contributed by atoms with Gasteiger partial charge in [0, 0.05) is 19.8 Å². The molecule has 1 aliphatic rings. The summed E-state index contributed by atoms with van der Waals surface area (Å²) >= 11 is 0. The van der Waals surface area contributed by atoms with E-state index in [4.69, 9.17) is 10.5 Å². The van der Waals surface area contributed by atoms with Gasteiger partial charge in [-0.1, -0.05) is 0 Å². The maximum absolute atomic E-state index is 10.2. The minimum atomic E-state index is -1.05. The summed E-state index contributed by atoms with van der Waals surface area (Å²) < 4.78 is 7.39. The molecule has 1 aliphatic heterocycles. The van der Waals surface area contributed by atoms with Gasteiger partial charge in [0.15, 0.2) is 6.23 Å². The van der Waals surface area contributed by atoms with Gasteiger partial charge in [-0.2, -0.15) is 0 Å². The fourth-order valence-electron chi connectivity index (χ4n) is 2.81. The number of fused-ring (bicyclic) bond motifs is 1. The molecular formula is C13H19N5O3. The van der Waals surface area contributed by atoms with Gasteiger partial charge in [-0.25, -0.2) is 9.97 Å². The zero-order valence-electron chi connectivity index (χ0n) is 11.9. The van der Waals surface area contributed by atoms with Crippen molar-refractivity contribution in [3.63, 3.8) is 0 Å². The molecule has 3 rings (SSSR count). The van der Waals surface area contributed by atoms with Crippen molar-refractivity contribution in [2.75, 3.05) is 18.9 Å². The standard InChI is InChI=1S/C13H19N5O3/c1-6-4-18(12-8(6)11(15-2)16-5-17-12)13-10(20)9(19)7(3-14)21-13/h4-5,7,9-10,13,19-20H,3,14H2,1-2H3,(H,15,16,17)/t7-,9-,10-,13-/m1/s1. The van der Waals surface area contributed by atoms with Crippen molar-refractivity contribution in [2.24, 2.45) is 5.73 Å². The molecule has 114 valence electrons. The van der Waals surface area contributed by atoms with Crippen molar-refractivity contribution in [3.05, 3.63) is 18.1 Å². The molecule has 3 heterocycles. The van der Waals surface area contributed by atoms with Crippen LogP contribution in [-0.4, -0.2) is 56.7 Å². The van der Waals surface area contributed by atoms with E-state index in [0.29, 0.717) is 11.5 Å².